The lowest BCUT2D eigenvalue weighted by Crippen LogP contribution is -2.61. The van der Waals surface area contributed by atoms with Crippen LogP contribution in [0.4, 0.5) is 13.2 Å². The van der Waals surface area contributed by atoms with Crippen molar-refractivity contribution in [1.82, 2.24) is 5.32 Å². The number of carboxylic acid groups (broad SMARTS) is 1. The number of aryl methyl sites for hydroxylation is 1. The molecule has 0 aliphatic heterocycles. The molecular weight excluding hydrogens is 295 g/mol. The second-order valence-corrected chi connectivity index (χ2v) is 5.52. The molecule has 1 heterocycles. The largest absolute Gasteiger partial charge is 0.479 e. The number of carboxylic acids is 1. The summed E-state index contributed by atoms with van der Waals surface area (Å²) in [6.45, 7) is 2.24. The van der Waals surface area contributed by atoms with Gasteiger partial charge in [-0.25, -0.2) is 4.79 Å². The molecule has 0 saturated carbocycles. The zero-order valence-corrected chi connectivity index (χ0v) is 11.4. The van der Waals surface area contributed by atoms with Crippen molar-refractivity contribution >= 4 is 29.3 Å². The van der Waals surface area contributed by atoms with Crippen LogP contribution >= 0.6 is 11.3 Å². The lowest BCUT2D eigenvalue weighted by atomic mass is 10.0. The minimum Gasteiger partial charge on any atom is -0.479 e. The Morgan fingerprint density at radius 1 is 1.35 bits per heavy atom. The number of nitrogens with one attached hydrogen (secondary N) is 1. The van der Waals surface area contributed by atoms with Crippen molar-refractivity contribution in [2.75, 3.05) is 0 Å². The normalized spacial score (nSPS) is 15.1. The van der Waals surface area contributed by atoms with Crippen LogP contribution in [0.3, 0.4) is 0 Å². The van der Waals surface area contributed by atoms with Crippen molar-refractivity contribution in [1.29, 1.82) is 0 Å². The lowest BCUT2D eigenvalue weighted by molar-refractivity contribution is -0.206. The van der Waals surface area contributed by atoms with Crippen LogP contribution < -0.4 is 5.32 Å². The van der Waals surface area contributed by atoms with Crippen LogP contribution in [0.2, 0.25) is 0 Å². The molecule has 0 aromatic carbocycles. The number of halogens is 3. The Morgan fingerprint density at radius 3 is 2.35 bits per heavy atom. The van der Waals surface area contributed by atoms with Crippen LogP contribution in [0.1, 0.15) is 16.7 Å². The van der Waals surface area contributed by atoms with Crippen LogP contribution in [-0.4, -0.2) is 28.7 Å². The van der Waals surface area contributed by atoms with Gasteiger partial charge in [-0.1, -0.05) is 0 Å². The molecule has 1 amide bonds. The standard InChI is InChI=1S/C12H12F3NO3S/c1-7-3-4-8(20-7)5-6-9(17)16-11(2,10(18)19)12(13,14)15/h3-6H,1-2H3,(H,16,17)(H,18,19). The van der Waals surface area contributed by atoms with Gasteiger partial charge in [0.2, 0.25) is 11.4 Å². The van der Waals surface area contributed by atoms with E-state index in [-0.39, 0.29) is 0 Å². The second-order valence-electron chi connectivity index (χ2n) is 4.20. The molecule has 20 heavy (non-hydrogen) atoms. The molecule has 0 bridgehead atoms. The maximum atomic E-state index is 12.7. The quantitative estimate of drug-likeness (QED) is 0.840. The SMILES string of the molecule is Cc1ccc(C=CC(=O)NC(C)(C(=O)O)C(F)(F)F)s1. The van der Waals surface area contributed by atoms with E-state index in [1.54, 1.807) is 12.1 Å². The van der Waals surface area contributed by atoms with Gasteiger partial charge >= 0.3 is 12.1 Å². The summed E-state index contributed by atoms with van der Waals surface area (Å²) >= 11 is 1.35. The van der Waals surface area contributed by atoms with Crippen molar-refractivity contribution < 1.29 is 27.9 Å². The molecule has 0 fully saturated rings. The van der Waals surface area contributed by atoms with E-state index in [1.165, 1.54) is 22.7 Å². The van der Waals surface area contributed by atoms with E-state index in [1.807, 2.05) is 6.92 Å². The Kier molecular flexibility index (Phi) is 4.59. The summed E-state index contributed by atoms with van der Waals surface area (Å²) in [6, 6.07) is 3.49. The van der Waals surface area contributed by atoms with Crippen molar-refractivity contribution in [2.45, 2.75) is 25.6 Å². The monoisotopic (exact) mass is 307 g/mol. The third kappa shape index (κ3) is 3.60. The molecule has 0 radical (unpaired) electrons. The fourth-order valence-corrected chi connectivity index (χ4v) is 2.01. The topological polar surface area (TPSA) is 66.4 Å². The number of amides is 1. The maximum absolute atomic E-state index is 12.7. The highest BCUT2D eigenvalue weighted by molar-refractivity contribution is 7.12. The van der Waals surface area contributed by atoms with Gasteiger partial charge in [0.15, 0.2) is 0 Å². The highest BCUT2D eigenvalue weighted by Crippen LogP contribution is 2.30. The van der Waals surface area contributed by atoms with Gasteiger partial charge in [-0.15, -0.1) is 11.3 Å². The summed E-state index contributed by atoms with van der Waals surface area (Å²) in [6.07, 6.45) is -2.90. The third-order valence-corrected chi connectivity index (χ3v) is 3.49. The first-order chi connectivity index (χ1) is 9.06. The fourth-order valence-electron chi connectivity index (χ4n) is 1.23. The van der Waals surface area contributed by atoms with Crippen LogP contribution in [0.5, 0.6) is 0 Å². The summed E-state index contributed by atoms with van der Waals surface area (Å²) in [4.78, 5) is 23.8. The summed E-state index contributed by atoms with van der Waals surface area (Å²) in [5, 5.41) is 10.1. The van der Waals surface area contributed by atoms with Gasteiger partial charge in [0, 0.05) is 15.8 Å². The van der Waals surface area contributed by atoms with E-state index in [9.17, 15) is 22.8 Å². The molecule has 2 N–H and O–H groups in total. The van der Waals surface area contributed by atoms with Gasteiger partial charge in [0.05, 0.1) is 0 Å². The van der Waals surface area contributed by atoms with Crippen molar-refractivity contribution in [3.8, 4) is 0 Å². The molecule has 0 aliphatic rings. The first-order valence-electron chi connectivity index (χ1n) is 5.43. The molecule has 1 unspecified atom stereocenters. The molecule has 0 spiro atoms. The van der Waals surface area contributed by atoms with E-state index in [4.69, 9.17) is 5.11 Å². The highest BCUT2D eigenvalue weighted by Gasteiger charge is 2.58. The molecule has 1 atom stereocenters. The number of hydrogen-bond donors (Lipinski definition) is 2. The predicted octanol–water partition coefficient (Wildman–Crippen LogP) is 2.59. The number of carbonyl (C=O) groups is 2. The number of hydrogen-bond acceptors (Lipinski definition) is 3. The summed E-state index contributed by atoms with van der Waals surface area (Å²) in [5.41, 5.74) is -3.32. The Morgan fingerprint density at radius 2 is 1.95 bits per heavy atom. The lowest BCUT2D eigenvalue weighted by Gasteiger charge is -2.27. The number of rotatable bonds is 4. The van der Waals surface area contributed by atoms with Crippen molar-refractivity contribution in [3.63, 3.8) is 0 Å². The zero-order valence-electron chi connectivity index (χ0n) is 10.6. The average molecular weight is 307 g/mol. The molecule has 8 heteroatoms. The number of aliphatic carboxylic acids is 1. The number of carbonyl (C=O) groups excluding carboxylic acids is 1. The highest BCUT2D eigenvalue weighted by atomic mass is 32.1. The van der Waals surface area contributed by atoms with Gasteiger partial charge in [0.1, 0.15) is 0 Å². The fraction of sp³-hybridized carbons (Fsp3) is 0.333. The van der Waals surface area contributed by atoms with E-state index in [0.717, 1.165) is 11.0 Å². The molecule has 4 nitrogen and oxygen atoms in total. The number of thiophene rings is 1. The second kappa shape index (κ2) is 5.66. The molecule has 1 aromatic rings. The summed E-state index contributed by atoms with van der Waals surface area (Å²) in [7, 11) is 0. The summed E-state index contributed by atoms with van der Waals surface area (Å²) in [5.74, 6) is -3.29. The van der Waals surface area contributed by atoms with E-state index < -0.39 is 23.6 Å². The molecule has 1 rings (SSSR count). The predicted molar refractivity (Wildman–Crippen MR) is 68.3 cm³/mol. The molecule has 0 saturated heterocycles. The molecular formula is C12H12F3NO3S. The van der Waals surface area contributed by atoms with E-state index >= 15 is 0 Å². The molecule has 110 valence electrons. The molecule has 1 aromatic heterocycles. The van der Waals surface area contributed by atoms with Gasteiger partial charge < -0.3 is 10.4 Å². The average Bonchev–Trinajstić information content (AvgIpc) is 2.70. The first kappa shape index (κ1) is 16.2. The van der Waals surface area contributed by atoms with Crippen LogP contribution in [0.15, 0.2) is 18.2 Å². The Hall–Kier alpha value is -1.83. The van der Waals surface area contributed by atoms with Gasteiger partial charge in [-0.2, -0.15) is 13.2 Å². The minimum absolute atomic E-state index is 0.399. The first-order valence-corrected chi connectivity index (χ1v) is 6.24. The maximum Gasteiger partial charge on any atom is 0.422 e. The zero-order chi connectivity index (χ0) is 15.6. The van der Waals surface area contributed by atoms with Crippen LogP contribution in [-0.2, 0) is 9.59 Å². The van der Waals surface area contributed by atoms with Crippen LogP contribution in [0, 0.1) is 6.92 Å². The Bertz CT molecular complexity index is 550. The van der Waals surface area contributed by atoms with E-state index in [2.05, 4.69) is 0 Å². The van der Waals surface area contributed by atoms with Gasteiger partial charge in [0.25, 0.3) is 0 Å². The third-order valence-electron chi connectivity index (χ3n) is 2.53. The smallest absolute Gasteiger partial charge is 0.422 e. The van der Waals surface area contributed by atoms with Gasteiger partial charge in [-0.05, 0) is 32.1 Å². The van der Waals surface area contributed by atoms with E-state index in [0.29, 0.717) is 11.8 Å². The minimum atomic E-state index is -5.10. The summed E-state index contributed by atoms with van der Waals surface area (Å²) < 4.78 is 38.0. The Labute approximate surface area is 116 Å². The number of alkyl halides is 3. The van der Waals surface area contributed by atoms with Crippen LogP contribution in [0.25, 0.3) is 6.08 Å². The van der Waals surface area contributed by atoms with Gasteiger partial charge in [-0.3, -0.25) is 4.79 Å². The van der Waals surface area contributed by atoms with Crippen molar-refractivity contribution in [2.24, 2.45) is 0 Å². The van der Waals surface area contributed by atoms with Crippen molar-refractivity contribution in [3.05, 3.63) is 28.0 Å². The molecule has 0 aliphatic carbocycles. The Balaban J connectivity index is 2.83.